The van der Waals surface area contributed by atoms with Crippen LogP contribution in [-0.2, 0) is 6.42 Å². The zero-order valence-electron chi connectivity index (χ0n) is 11.8. The number of anilines is 1. The molecule has 18 heavy (non-hydrogen) atoms. The molecule has 0 bridgehead atoms. The number of nitrogens with two attached hydrogens (primary N) is 1. The summed E-state index contributed by atoms with van der Waals surface area (Å²) >= 11 is 0. The first-order valence-corrected chi connectivity index (χ1v) is 7.38. The molecule has 1 aromatic rings. The Labute approximate surface area is 112 Å². The van der Waals surface area contributed by atoms with E-state index in [9.17, 15) is 0 Å². The molecule has 2 heteroatoms. The van der Waals surface area contributed by atoms with Gasteiger partial charge in [0.25, 0.3) is 0 Å². The topological polar surface area (TPSA) is 38.0 Å². The lowest BCUT2D eigenvalue weighted by atomic mass is 10.1. The van der Waals surface area contributed by atoms with Crippen molar-refractivity contribution in [3.63, 3.8) is 0 Å². The third kappa shape index (κ3) is 7.33. The van der Waals surface area contributed by atoms with Crippen molar-refractivity contribution in [2.24, 2.45) is 0 Å². The summed E-state index contributed by atoms with van der Waals surface area (Å²) in [4.78, 5) is 0. The van der Waals surface area contributed by atoms with Crippen molar-refractivity contribution in [2.75, 3.05) is 18.8 Å². The van der Waals surface area contributed by atoms with Gasteiger partial charge in [0.05, 0.1) is 0 Å². The highest BCUT2D eigenvalue weighted by Gasteiger charge is 1.94. The van der Waals surface area contributed by atoms with Crippen molar-refractivity contribution in [3.8, 4) is 0 Å². The van der Waals surface area contributed by atoms with E-state index in [0.29, 0.717) is 0 Å². The Bertz CT molecular complexity index is 310. The zero-order valence-corrected chi connectivity index (χ0v) is 11.8. The van der Waals surface area contributed by atoms with Gasteiger partial charge < -0.3 is 11.1 Å². The van der Waals surface area contributed by atoms with Gasteiger partial charge in [-0.2, -0.15) is 0 Å². The number of hydrogen-bond acceptors (Lipinski definition) is 2. The van der Waals surface area contributed by atoms with Crippen molar-refractivity contribution in [3.05, 3.63) is 29.8 Å². The summed E-state index contributed by atoms with van der Waals surface area (Å²) in [5.41, 5.74) is 7.94. The smallest absolute Gasteiger partial charge is 0.0316 e. The van der Waals surface area contributed by atoms with Crippen LogP contribution in [0.3, 0.4) is 0 Å². The Balaban J connectivity index is 1.92. The van der Waals surface area contributed by atoms with Gasteiger partial charge in [-0.15, -0.1) is 0 Å². The van der Waals surface area contributed by atoms with Crippen molar-refractivity contribution in [2.45, 2.75) is 51.9 Å². The van der Waals surface area contributed by atoms with E-state index >= 15 is 0 Å². The molecule has 1 aromatic carbocycles. The molecule has 0 unspecified atom stereocenters. The minimum atomic E-state index is 0.864. The van der Waals surface area contributed by atoms with Gasteiger partial charge in [-0.3, -0.25) is 0 Å². The molecule has 0 heterocycles. The van der Waals surface area contributed by atoms with Crippen LogP contribution in [0.15, 0.2) is 24.3 Å². The van der Waals surface area contributed by atoms with E-state index in [-0.39, 0.29) is 0 Å². The highest BCUT2D eigenvalue weighted by Crippen LogP contribution is 2.07. The number of nitrogens with one attached hydrogen (secondary N) is 1. The molecule has 2 nitrogen and oxygen atoms in total. The average molecular weight is 248 g/mol. The average Bonchev–Trinajstić information content (AvgIpc) is 2.37. The summed E-state index contributed by atoms with van der Waals surface area (Å²) in [5.74, 6) is 0. The first kappa shape index (κ1) is 15.0. The maximum atomic E-state index is 5.75. The van der Waals surface area contributed by atoms with E-state index in [0.717, 1.165) is 25.2 Å². The van der Waals surface area contributed by atoms with Crippen LogP contribution in [0.4, 0.5) is 5.69 Å². The van der Waals surface area contributed by atoms with Gasteiger partial charge in [-0.1, -0.05) is 51.2 Å². The molecular weight excluding hydrogens is 220 g/mol. The van der Waals surface area contributed by atoms with Gasteiger partial charge in [0.2, 0.25) is 0 Å². The molecule has 0 atom stereocenters. The fraction of sp³-hybridized carbons (Fsp3) is 0.625. The van der Waals surface area contributed by atoms with E-state index in [1.165, 1.54) is 44.1 Å². The molecule has 0 saturated heterocycles. The molecule has 0 spiro atoms. The molecule has 0 aliphatic carbocycles. The Hall–Kier alpha value is -1.02. The number of hydrogen-bond donors (Lipinski definition) is 2. The van der Waals surface area contributed by atoms with Crippen molar-refractivity contribution >= 4 is 5.69 Å². The van der Waals surface area contributed by atoms with E-state index in [2.05, 4.69) is 24.4 Å². The Morgan fingerprint density at radius 1 is 1.00 bits per heavy atom. The maximum absolute atomic E-state index is 5.75. The van der Waals surface area contributed by atoms with Gasteiger partial charge in [-0.25, -0.2) is 0 Å². The lowest BCUT2D eigenvalue weighted by molar-refractivity contribution is 0.573. The summed E-state index contributed by atoms with van der Waals surface area (Å²) < 4.78 is 0. The standard InChI is InChI=1S/C16H28N2/c1-2-3-4-5-6-7-12-18-13-11-15-9-8-10-16(17)14-15/h8-10,14,18H,2-7,11-13,17H2,1H3. The first-order chi connectivity index (χ1) is 8.83. The molecule has 102 valence electrons. The van der Waals surface area contributed by atoms with Crippen LogP contribution in [0.2, 0.25) is 0 Å². The van der Waals surface area contributed by atoms with Crippen molar-refractivity contribution in [1.82, 2.24) is 5.32 Å². The fourth-order valence-corrected chi connectivity index (χ4v) is 2.14. The molecular formula is C16H28N2. The van der Waals surface area contributed by atoms with Crippen molar-refractivity contribution in [1.29, 1.82) is 0 Å². The molecule has 0 radical (unpaired) electrons. The molecule has 0 aromatic heterocycles. The minimum absolute atomic E-state index is 0.864. The second-order valence-corrected chi connectivity index (χ2v) is 5.01. The maximum Gasteiger partial charge on any atom is 0.0316 e. The van der Waals surface area contributed by atoms with Gasteiger partial charge in [0, 0.05) is 5.69 Å². The Morgan fingerprint density at radius 3 is 2.56 bits per heavy atom. The number of unbranched alkanes of at least 4 members (excludes halogenated alkanes) is 5. The molecule has 0 amide bonds. The number of nitrogen functional groups attached to an aromatic ring is 1. The predicted octanol–water partition coefficient (Wildman–Crippen LogP) is 3.76. The molecule has 0 aliphatic rings. The van der Waals surface area contributed by atoms with Gasteiger partial charge >= 0.3 is 0 Å². The normalized spacial score (nSPS) is 10.7. The monoisotopic (exact) mass is 248 g/mol. The summed E-state index contributed by atoms with van der Waals surface area (Å²) in [5, 5.41) is 3.50. The van der Waals surface area contributed by atoms with Crippen LogP contribution >= 0.6 is 0 Å². The van der Waals surface area contributed by atoms with Crippen LogP contribution in [-0.4, -0.2) is 13.1 Å². The Kier molecular flexibility index (Phi) is 8.32. The second-order valence-electron chi connectivity index (χ2n) is 5.01. The quantitative estimate of drug-likeness (QED) is 0.489. The summed E-state index contributed by atoms with van der Waals surface area (Å²) in [6.45, 7) is 4.46. The summed E-state index contributed by atoms with van der Waals surface area (Å²) in [7, 11) is 0. The minimum Gasteiger partial charge on any atom is -0.399 e. The highest BCUT2D eigenvalue weighted by atomic mass is 14.8. The third-order valence-electron chi connectivity index (χ3n) is 3.25. The molecule has 0 saturated carbocycles. The summed E-state index contributed by atoms with van der Waals surface area (Å²) in [6, 6.07) is 8.17. The largest absolute Gasteiger partial charge is 0.399 e. The van der Waals surface area contributed by atoms with Crippen molar-refractivity contribution < 1.29 is 0 Å². The van der Waals surface area contributed by atoms with Crippen LogP contribution < -0.4 is 11.1 Å². The molecule has 0 aliphatic heterocycles. The van der Waals surface area contributed by atoms with E-state index in [1.807, 2.05) is 12.1 Å². The lowest BCUT2D eigenvalue weighted by Gasteiger charge is -2.05. The van der Waals surface area contributed by atoms with Gasteiger partial charge in [-0.05, 0) is 43.6 Å². The molecule has 1 rings (SSSR count). The highest BCUT2D eigenvalue weighted by molar-refractivity contribution is 5.40. The third-order valence-corrected chi connectivity index (χ3v) is 3.25. The lowest BCUT2D eigenvalue weighted by Crippen LogP contribution is -2.18. The number of benzene rings is 1. The summed E-state index contributed by atoms with van der Waals surface area (Å²) in [6.07, 6.45) is 9.26. The zero-order chi connectivity index (χ0) is 13.1. The van der Waals surface area contributed by atoms with Crippen LogP contribution in [0.25, 0.3) is 0 Å². The Morgan fingerprint density at radius 2 is 1.78 bits per heavy atom. The first-order valence-electron chi connectivity index (χ1n) is 7.38. The van der Waals surface area contributed by atoms with Gasteiger partial charge in [0.1, 0.15) is 0 Å². The van der Waals surface area contributed by atoms with E-state index in [4.69, 9.17) is 5.73 Å². The van der Waals surface area contributed by atoms with E-state index < -0.39 is 0 Å². The van der Waals surface area contributed by atoms with Crippen LogP contribution in [0.1, 0.15) is 51.0 Å². The predicted molar refractivity (Wildman–Crippen MR) is 80.8 cm³/mol. The fourth-order valence-electron chi connectivity index (χ4n) is 2.14. The second kappa shape index (κ2) is 9.95. The van der Waals surface area contributed by atoms with E-state index in [1.54, 1.807) is 0 Å². The molecule has 0 fully saturated rings. The number of rotatable bonds is 10. The SMILES string of the molecule is CCCCCCCCNCCc1cccc(N)c1. The molecule has 3 N–H and O–H groups in total. The van der Waals surface area contributed by atoms with Gasteiger partial charge in [0.15, 0.2) is 0 Å². The van der Waals surface area contributed by atoms with Crippen LogP contribution in [0, 0.1) is 0 Å². The van der Waals surface area contributed by atoms with Crippen LogP contribution in [0.5, 0.6) is 0 Å².